The molecule has 1 atom stereocenters. The van der Waals surface area contributed by atoms with Gasteiger partial charge >= 0.3 is 5.97 Å². The summed E-state index contributed by atoms with van der Waals surface area (Å²) < 4.78 is 13.6. The standard InChI is InChI=1S/C23H28FN3O6/c1-2-3-4-5-18(12-27(33)14-28)22(30)26-13-25-21(29)17-7-6-15(10-17)16-8-9-20(24)19(11-16)23(31)32/h6-9,11,14,18,33H,2-5,10,12-13H2,1H3,(H,25,29)(H,26,30)(H,31,32). The molecule has 0 aromatic heterocycles. The van der Waals surface area contributed by atoms with Crippen molar-refractivity contribution in [3.63, 3.8) is 0 Å². The lowest BCUT2D eigenvalue weighted by molar-refractivity contribution is -0.154. The Hall–Kier alpha value is -3.53. The van der Waals surface area contributed by atoms with Gasteiger partial charge in [0, 0.05) is 12.0 Å². The molecule has 1 aliphatic rings. The van der Waals surface area contributed by atoms with Crippen LogP contribution in [0.1, 0.15) is 54.9 Å². The smallest absolute Gasteiger partial charge is 0.338 e. The van der Waals surface area contributed by atoms with E-state index < -0.39 is 29.2 Å². The predicted molar refractivity (Wildman–Crippen MR) is 117 cm³/mol. The number of benzene rings is 1. The van der Waals surface area contributed by atoms with E-state index in [1.54, 1.807) is 12.2 Å². The topological polar surface area (TPSA) is 136 Å². The van der Waals surface area contributed by atoms with Gasteiger partial charge in [0.15, 0.2) is 0 Å². The van der Waals surface area contributed by atoms with Gasteiger partial charge in [0.25, 0.3) is 0 Å². The fraction of sp³-hybridized carbons (Fsp3) is 0.391. The van der Waals surface area contributed by atoms with Crippen LogP contribution in [0.3, 0.4) is 0 Å². The van der Waals surface area contributed by atoms with Crippen molar-refractivity contribution in [2.45, 2.75) is 39.0 Å². The predicted octanol–water partition coefficient (Wildman–Crippen LogP) is 2.47. The van der Waals surface area contributed by atoms with Crippen LogP contribution in [0, 0.1) is 11.7 Å². The van der Waals surface area contributed by atoms with Crippen molar-refractivity contribution in [1.29, 1.82) is 0 Å². The number of carbonyl (C=O) groups excluding carboxylic acids is 3. The first-order valence-electron chi connectivity index (χ1n) is 10.7. The molecular weight excluding hydrogens is 433 g/mol. The first-order chi connectivity index (χ1) is 15.8. The van der Waals surface area contributed by atoms with Gasteiger partial charge in [-0.15, -0.1) is 0 Å². The van der Waals surface area contributed by atoms with E-state index in [1.807, 2.05) is 6.92 Å². The summed E-state index contributed by atoms with van der Waals surface area (Å²) in [5.41, 5.74) is 1.13. The Kier molecular flexibility index (Phi) is 9.74. The van der Waals surface area contributed by atoms with Crippen LogP contribution in [0.4, 0.5) is 4.39 Å². The molecule has 1 aromatic carbocycles. The molecule has 0 fully saturated rings. The van der Waals surface area contributed by atoms with E-state index in [9.17, 15) is 28.8 Å². The molecule has 0 heterocycles. The van der Waals surface area contributed by atoms with E-state index in [4.69, 9.17) is 5.11 Å². The summed E-state index contributed by atoms with van der Waals surface area (Å²) in [7, 11) is 0. The molecule has 0 radical (unpaired) electrons. The van der Waals surface area contributed by atoms with Gasteiger partial charge in [-0.1, -0.05) is 44.4 Å². The minimum Gasteiger partial charge on any atom is -0.478 e. The highest BCUT2D eigenvalue weighted by Crippen LogP contribution is 2.29. The second kappa shape index (κ2) is 12.5. The molecule has 0 saturated heterocycles. The van der Waals surface area contributed by atoms with Gasteiger partial charge in [-0.25, -0.2) is 14.2 Å². The lowest BCUT2D eigenvalue weighted by Gasteiger charge is -2.19. The Morgan fingerprint density at radius 1 is 1.21 bits per heavy atom. The molecule has 4 N–H and O–H groups in total. The molecule has 0 saturated carbocycles. The number of carboxylic acids is 1. The van der Waals surface area contributed by atoms with Crippen LogP contribution in [0.25, 0.3) is 5.57 Å². The van der Waals surface area contributed by atoms with Crippen molar-refractivity contribution in [2.24, 2.45) is 5.92 Å². The molecular formula is C23H28FN3O6. The lowest BCUT2D eigenvalue weighted by atomic mass is 10.00. The van der Waals surface area contributed by atoms with Crippen molar-refractivity contribution < 1.29 is 33.9 Å². The summed E-state index contributed by atoms with van der Waals surface area (Å²) in [5.74, 6) is -3.62. The molecule has 10 heteroatoms. The molecule has 9 nitrogen and oxygen atoms in total. The molecule has 2 rings (SSSR count). The number of rotatable bonds is 13. The van der Waals surface area contributed by atoms with Gasteiger partial charge in [0.1, 0.15) is 5.82 Å². The summed E-state index contributed by atoms with van der Waals surface area (Å²) in [4.78, 5) is 46.6. The molecule has 1 aromatic rings. The van der Waals surface area contributed by atoms with E-state index >= 15 is 0 Å². The second-order valence-electron chi connectivity index (χ2n) is 7.70. The van der Waals surface area contributed by atoms with Crippen molar-refractivity contribution in [3.05, 3.63) is 52.9 Å². The quantitative estimate of drug-likeness (QED) is 0.117. The highest BCUT2D eigenvalue weighted by molar-refractivity contribution is 5.99. The van der Waals surface area contributed by atoms with Gasteiger partial charge in [-0.2, -0.15) is 0 Å². The zero-order valence-corrected chi connectivity index (χ0v) is 18.3. The highest BCUT2D eigenvalue weighted by Gasteiger charge is 2.22. The summed E-state index contributed by atoms with van der Waals surface area (Å²) in [6.45, 7) is 1.75. The molecule has 33 heavy (non-hydrogen) atoms. The van der Waals surface area contributed by atoms with Crippen LogP contribution in [-0.2, 0) is 14.4 Å². The zero-order chi connectivity index (χ0) is 24.4. The maximum Gasteiger partial charge on any atom is 0.338 e. The van der Waals surface area contributed by atoms with Crippen LogP contribution in [-0.4, -0.2) is 52.8 Å². The number of aromatic carboxylic acids is 1. The summed E-state index contributed by atoms with van der Waals surface area (Å²) in [5, 5.41) is 24.1. The third kappa shape index (κ3) is 7.53. The third-order valence-electron chi connectivity index (χ3n) is 5.29. The van der Waals surface area contributed by atoms with Crippen molar-refractivity contribution in [3.8, 4) is 0 Å². The minimum atomic E-state index is -1.37. The Morgan fingerprint density at radius 2 is 1.97 bits per heavy atom. The number of hydrogen-bond donors (Lipinski definition) is 4. The fourth-order valence-corrected chi connectivity index (χ4v) is 3.45. The SMILES string of the molecule is CCCCCC(CN(O)C=O)C(=O)NCNC(=O)C1=CC=C(c2ccc(F)c(C(=O)O)c2)C1. The first-order valence-corrected chi connectivity index (χ1v) is 10.7. The van der Waals surface area contributed by atoms with Crippen LogP contribution in [0.2, 0.25) is 0 Å². The molecule has 178 valence electrons. The number of unbranched alkanes of at least 4 members (excludes halogenated alkanes) is 2. The van der Waals surface area contributed by atoms with E-state index in [2.05, 4.69) is 10.6 Å². The van der Waals surface area contributed by atoms with E-state index in [-0.39, 0.29) is 32.0 Å². The Balaban J connectivity index is 1.86. The normalized spacial score (nSPS) is 13.5. The number of allylic oxidation sites excluding steroid dienone is 3. The van der Waals surface area contributed by atoms with E-state index in [0.29, 0.717) is 28.2 Å². The van der Waals surface area contributed by atoms with Crippen LogP contribution < -0.4 is 10.6 Å². The summed E-state index contributed by atoms with van der Waals surface area (Å²) in [6.07, 6.45) is 6.83. The third-order valence-corrected chi connectivity index (χ3v) is 5.29. The molecule has 0 aliphatic heterocycles. The number of nitrogens with zero attached hydrogens (tertiary/aromatic N) is 1. The number of halogens is 1. The number of hydroxylamine groups is 2. The van der Waals surface area contributed by atoms with Crippen LogP contribution in [0.15, 0.2) is 35.9 Å². The highest BCUT2D eigenvalue weighted by atomic mass is 19.1. The maximum absolute atomic E-state index is 13.6. The molecule has 0 spiro atoms. The summed E-state index contributed by atoms with van der Waals surface area (Å²) >= 11 is 0. The second-order valence-corrected chi connectivity index (χ2v) is 7.70. The summed E-state index contributed by atoms with van der Waals surface area (Å²) in [6, 6.07) is 3.74. The average molecular weight is 461 g/mol. The fourth-order valence-electron chi connectivity index (χ4n) is 3.45. The lowest BCUT2D eigenvalue weighted by Crippen LogP contribution is -2.43. The van der Waals surface area contributed by atoms with Gasteiger partial charge in [0.05, 0.1) is 24.7 Å². The van der Waals surface area contributed by atoms with Crippen molar-refractivity contribution >= 4 is 29.8 Å². The number of amides is 3. The monoisotopic (exact) mass is 461 g/mol. The molecule has 1 unspecified atom stereocenters. The van der Waals surface area contributed by atoms with Gasteiger partial charge < -0.3 is 15.7 Å². The van der Waals surface area contributed by atoms with Gasteiger partial charge in [-0.3, -0.25) is 19.6 Å². The van der Waals surface area contributed by atoms with E-state index in [1.165, 1.54) is 12.1 Å². The van der Waals surface area contributed by atoms with Gasteiger partial charge in [0.2, 0.25) is 18.2 Å². The molecule has 3 amide bonds. The largest absolute Gasteiger partial charge is 0.478 e. The Labute approximate surface area is 190 Å². The average Bonchev–Trinajstić information content (AvgIpc) is 3.28. The maximum atomic E-state index is 13.6. The van der Waals surface area contributed by atoms with E-state index in [0.717, 1.165) is 25.3 Å². The number of carboxylic acid groups (broad SMARTS) is 1. The van der Waals surface area contributed by atoms with Crippen molar-refractivity contribution in [1.82, 2.24) is 15.7 Å². The zero-order valence-electron chi connectivity index (χ0n) is 18.3. The minimum absolute atomic E-state index is 0.137. The number of carbonyl (C=O) groups is 4. The molecule has 0 bridgehead atoms. The number of nitrogens with one attached hydrogen (secondary N) is 2. The number of hydrogen-bond acceptors (Lipinski definition) is 5. The molecule has 1 aliphatic carbocycles. The van der Waals surface area contributed by atoms with Crippen LogP contribution >= 0.6 is 0 Å². The Bertz CT molecular complexity index is 960. The first kappa shape index (κ1) is 25.7. The Morgan fingerprint density at radius 3 is 2.64 bits per heavy atom. The van der Waals surface area contributed by atoms with Crippen LogP contribution in [0.5, 0.6) is 0 Å². The van der Waals surface area contributed by atoms with Crippen molar-refractivity contribution in [2.75, 3.05) is 13.2 Å². The van der Waals surface area contributed by atoms with Gasteiger partial charge in [-0.05, 0) is 29.7 Å².